The number of rotatable bonds is 5. The maximum Gasteiger partial charge on any atom is 0.272 e. The number of amides is 1. The maximum absolute atomic E-state index is 11.9. The Hall–Kier alpha value is -2.18. The number of nitrogens with one attached hydrogen (secondary N) is 1. The lowest BCUT2D eigenvalue weighted by atomic mass is 10.4. The molecule has 3 rings (SSSR count). The zero-order valence-electron chi connectivity index (χ0n) is 11.5. The van der Waals surface area contributed by atoms with Gasteiger partial charge in [-0.25, -0.2) is 0 Å². The highest BCUT2D eigenvalue weighted by Crippen LogP contribution is 2.38. The summed E-state index contributed by atoms with van der Waals surface area (Å²) in [5.41, 5.74) is 0.389. The fraction of sp³-hybridized carbons (Fsp3) is 0.538. The van der Waals surface area contributed by atoms with Gasteiger partial charge < -0.3 is 9.73 Å². The summed E-state index contributed by atoms with van der Waals surface area (Å²) < 4.78 is 7.22. The van der Waals surface area contributed by atoms with Crippen molar-refractivity contribution in [3.05, 3.63) is 29.7 Å². The summed E-state index contributed by atoms with van der Waals surface area (Å²) in [5, 5.41) is 14.8. The van der Waals surface area contributed by atoms with Crippen molar-refractivity contribution in [2.75, 3.05) is 0 Å². The Bertz CT molecular complexity index is 612. The summed E-state index contributed by atoms with van der Waals surface area (Å²) in [4.78, 5) is 11.9. The number of nitrogens with zero attached hydrogens (tertiary/aromatic N) is 4. The van der Waals surface area contributed by atoms with Gasteiger partial charge in [0.15, 0.2) is 0 Å². The predicted octanol–water partition coefficient (Wildman–Crippen LogP) is 1.65. The Morgan fingerprint density at radius 2 is 2.30 bits per heavy atom. The molecule has 0 bridgehead atoms. The van der Waals surface area contributed by atoms with Crippen LogP contribution in [0, 0.1) is 0 Å². The van der Waals surface area contributed by atoms with Crippen molar-refractivity contribution < 1.29 is 9.21 Å². The van der Waals surface area contributed by atoms with Gasteiger partial charge in [0, 0.05) is 18.2 Å². The summed E-state index contributed by atoms with van der Waals surface area (Å²) in [6, 6.07) is 1.92. The second-order valence-corrected chi connectivity index (χ2v) is 5.27. The topological polar surface area (TPSA) is 85.8 Å². The normalized spacial score (nSPS) is 14.8. The molecule has 1 saturated carbocycles. The van der Waals surface area contributed by atoms with Gasteiger partial charge in [-0.2, -0.15) is 5.10 Å². The molecule has 0 atom stereocenters. The van der Waals surface area contributed by atoms with E-state index in [0.717, 1.165) is 12.8 Å². The van der Waals surface area contributed by atoms with Gasteiger partial charge in [-0.15, -0.1) is 10.2 Å². The van der Waals surface area contributed by atoms with Gasteiger partial charge in [0.1, 0.15) is 5.69 Å². The van der Waals surface area contributed by atoms with Crippen molar-refractivity contribution in [2.24, 2.45) is 0 Å². The standard InChI is InChI=1S/C13H17N5O2/c1-8(2)18-6-5-10(17-18)12(19)14-7-11-15-16-13(20-11)9-3-4-9/h5-6,8-9H,3-4,7H2,1-2H3,(H,14,19). The number of carbonyl (C=O) groups excluding carboxylic acids is 1. The van der Waals surface area contributed by atoms with E-state index < -0.39 is 0 Å². The van der Waals surface area contributed by atoms with Crippen molar-refractivity contribution >= 4 is 5.91 Å². The van der Waals surface area contributed by atoms with E-state index in [1.807, 2.05) is 13.8 Å². The van der Waals surface area contributed by atoms with Crippen LogP contribution in [0.2, 0.25) is 0 Å². The van der Waals surface area contributed by atoms with Crippen LogP contribution in [0.1, 0.15) is 60.9 Å². The van der Waals surface area contributed by atoms with Crippen LogP contribution in [0.25, 0.3) is 0 Å². The Kier molecular flexibility index (Phi) is 3.25. The van der Waals surface area contributed by atoms with E-state index in [4.69, 9.17) is 4.42 Å². The summed E-state index contributed by atoms with van der Waals surface area (Å²) in [6.07, 6.45) is 4.01. The van der Waals surface area contributed by atoms with Gasteiger partial charge in [0.25, 0.3) is 5.91 Å². The molecule has 1 amide bonds. The fourth-order valence-corrected chi connectivity index (χ4v) is 1.83. The molecule has 7 heteroatoms. The third-order valence-corrected chi connectivity index (χ3v) is 3.18. The molecule has 20 heavy (non-hydrogen) atoms. The number of hydrogen-bond acceptors (Lipinski definition) is 5. The molecule has 1 aliphatic carbocycles. The summed E-state index contributed by atoms with van der Waals surface area (Å²) >= 11 is 0. The quantitative estimate of drug-likeness (QED) is 0.896. The van der Waals surface area contributed by atoms with E-state index in [0.29, 0.717) is 23.4 Å². The first-order chi connectivity index (χ1) is 9.63. The second kappa shape index (κ2) is 5.07. The first-order valence-corrected chi connectivity index (χ1v) is 6.79. The lowest BCUT2D eigenvalue weighted by Gasteiger charge is -2.03. The van der Waals surface area contributed by atoms with Gasteiger partial charge in [-0.3, -0.25) is 9.48 Å². The van der Waals surface area contributed by atoms with E-state index >= 15 is 0 Å². The van der Waals surface area contributed by atoms with Crippen LogP contribution in [-0.2, 0) is 6.54 Å². The fourth-order valence-electron chi connectivity index (χ4n) is 1.83. The van der Waals surface area contributed by atoms with Crippen LogP contribution in [0.4, 0.5) is 0 Å². The van der Waals surface area contributed by atoms with Crippen LogP contribution in [0.15, 0.2) is 16.7 Å². The van der Waals surface area contributed by atoms with Gasteiger partial charge in [-0.05, 0) is 32.8 Å². The van der Waals surface area contributed by atoms with Crippen molar-refractivity contribution in [1.29, 1.82) is 0 Å². The van der Waals surface area contributed by atoms with E-state index in [-0.39, 0.29) is 18.5 Å². The molecule has 106 valence electrons. The smallest absolute Gasteiger partial charge is 0.272 e. The molecule has 2 aromatic heterocycles. The van der Waals surface area contributed by atoms with E-state index in [2.05, 4.69) is 20.6 Å². The minimum atomic E-state index is -0.240. The molecular formula is C13H17N5O2. The predicted molar refractivity (Wildman–Crippen MR) is 70.1 cm³/mol. The van der Waals surface area contributed by atoms with E-state index in [1.54, 1.807) is 16.9 Å². The molecule has 1 fully saturated rings. The number of carbonyl (C=O) groups is 1. The average molecular weight is 275 g/mol. The monoisotopic (exact) mass is 275 g/mol. The largest absolute Gasteiger partial charge is 0.423 e. The molecule has 0 aromatic carbocycles. The summed E-state index contributed by atoms with van der Waals surface area (Å²) in [7, 11) is 0. The Morgan fingerprint density at radius 3 is 2.95 bits per heavy atom. The average Bonchev–Trinajstić information content (AvgIpc) is 2.98. The summed E-state index contributed by atoms with van der Waals surface area (Å²) in [6.45, 7) is 4.24. The lowest BCUT2D eigenvalue weighted by Crippen LogP contribution is -2.23. The Labute approximate surface area is 116 Å². The van der Waals surface area contributed by atoms with Crippen molar-refractivity contribution in [3.8, 4) is 0 Å². The maximum atomic E-state index is 11.9. The molecule has 0 radical (unpaired) electrons. The van der Waals surface area contributed by atoms with E-state index in [9.17, 15) is 4.79 Å². The summed E-state index contributed by atoms with van der Waals surface area (Å²) in [5.74, 6) is 1.30. The molecule has 0 unspecified atom stereocenters. The molecule has 0 spiro atoms. The number of aromatic nitrogens is 4. The zero-order chi connectivity index (χ0) is 14.1. The molecule has 0 saturated heterocycles. The molecule has 2 aromatic rings. The molecule has 0 aliphatic heterocycles. The first-order valence-electron chi connectivity index (χ1n) is 6.79. The van der Waals surface area contributed by atoms with Crippen molar-refractivity contribution in [3.63, 3.8) is 0 Å². The minimum absolute atomic E-state index is 0.229. The SMILES string of the molecule is CC(C)n1ccc(C(=O)NCc2nnc(C3CC3)o2)n1. The van der Waals surface area contributed by atoms with E-state index in [1.165, 1.54) is 0 Å². The van der Waals surface area contributed by atoms with Gasteiger partial charge in [0.2, 0.25) is 11.8 Å². The molecule has 1 N–H and O–H groups in total. The molecule has 2 heterocycles. The molecule has 7 nitrogen and oxygen atoms in total. The van der Waals surface area contributed by atoms with Crippen LogP contribution >= 0.6 is 0 Å². The van der Waals surface area contributed by atoms with Crippen LogP contribution < -0.4 is 5.32 Å². The second-order valence-electron chi connectivity index (χ2n) is 5.27. The Balaban J connectivity index is 1.57. The first kappa shape index (κ1) is 12.8. The van der Waals surface area contributed by atoms with Crippen LogP contribution in [0.5, 0.6) is 0 Å². The van der Waals surface area contributed by atoms with Gasteiger partial charge >= 0.3 is 0 Å². The highest BCUT2D eigenvalue weighted by molar-refractivity contribution is 5.91. The molecule has 1 aliphatic rings. The Morgan fingerprint density at radius 1 is 1.50 bits per heavy atom. The minimum Gasteiger partial charge on any atom is -0.423 e. The third kappa shape index (κ3) is 2.71. The zero-order valence-corrected chi connectivity index (χ0v) is 11.5. The highest BCUT2D eigenvalue weighted by atomic mass is 16.4. The van der Waals surface area contributed by atoms with Crippen LogP contribution in [-0.4, -0.2) is 25.9 Å². The van der Waals surface area contributed by atoms with Crippen LogP contribution in [0.3, 0.4) is 0 Å². The lowest BCUT2D eigenvalue weighted by molar-refractivity contribution is 0.0941. The van der Waals surface area contributed by atoms with Gasteiger partial charge in [-0.1, -0.05) is 0 Å². The van der Waals surface area contributed by atoms with Crippen molar-refractivity contribution in [1.82, 2.24) is 25.3 Å². The van der Waals surface area contributed by atoms with Crippen molar-refractivity contribution in [2.45, 2.75) is 45.2 Å². The molecular weight excluding hydrogens is 258 g/mol. The highest BCUT2D eigenvalue weighted by Gasteiger charge is 2.29. The third-order valence-electron chi connectivity index (χ3n) is 3.18. The number of hydrogen-bond donors (Lipinski definition) is 1. The van der Waals surface area contributed by atoms with Gasteiger partial charge in [0.05, 0.1) is 6.54 Å².